The average Bonchev–Trinajstić information content (AvgIpc) is 2.68. The molecular weight excluding hydrogens is 338 g/mol. The molecule has 0 bridgehead atoms. The molecule has 0 radical (unpaired) electrons. The number of fused-ring (bicyclic) bond motifs is 1. The minimum Gasteiger partial charge on any atom is -0.423 e. The van der Waals surface area contributed by atoms with Gasteiger partial charge in [-0.2, -0.15) is 0 Å². The van der Waals surface area contributed by atoms with Crippen LogP contribution in [0.5, 0.6) is 0 Å². The van der Waals surface area contributed by atoms with Gasteiger partial charge in [-0.3, -0.25) is 4.79 Å². The smallest absolute Gasteiger partial charge is 0.336 e. The summed E-state index contributed by atoms with van der Waals surface area (Å²) in [4.78, 5) is 24.6. The van der Waals surface area contributed by atoms with E-state index in [0.717, 1.165) is 22.1 Å². The summed E-state index contributed by atoms with van der Waals surface area (Å²) in [5, 5.41) is 3.63. The molecule has 4 heteroatoms. The second kappa shape index (κ2) is 6.92. The summed E-state index contributed by atoms with van der Waals surface area (Å²) in [5.74, 6) is -0.257. The van der Waals surface area contributed by atoms with Crippen LogP contribution in [0.2, 0.25) is 0 Å². The van der Waals surface area contributed by atoms with E-state index in [0.29, 0.717) is 16.8 Å². The Kier molecular flexibility index (Phi) is 4.30. The van der Waals surface area contributed by atoms with Crippen molar-refractivity contribution < 1.29 is 9.21 Å². The van der Waals surface area contributed by atoms with E-state index >= 15 is 0 Å². The molecule has 1 N–H and O–H groups in total. The fourth-order valence-corrected chi connectivity index (χ4v) is 3.13. The Morgan fingerprint density at radius 1 is 0.852 bits per heavy atom. The molecule has 0 fully saturated rings. The Morgan fingerprint density at radius 2 is 1.59 bits per heavy atom. The third kappa shape index (κ3) is 3.37. The lowest BCUT2D eigenvalue weighted by Gasteiger charge is -2.10. The number of aryl methyl sites for hydroxylation is 1. The molecule has 0 unspecified atom stereocenters. The van der Waals surface area contributed by atoms with Crippen LogP contribution in [-0.2, 0) is 0 Å². The van der Waals surface area contributed by atoms with E-state index in [1.807, 2.05) is 67.6 Å². The second-order valence-corrected chi connectivity index (χ2v) is 6.33. The van der Waals surface area contributed by atoms with Gasteiger partial charge in [0.2, 0.25) is 0 Å². The van der Waals surface area contributed by atoms with Gasteiger partial charge in [-0.05, 0) is 48.4 Å². The van der Waals surface area contributed by atoms with Gasteiger partial charge in [-0.1, -0.05) is 42.5 Å². The normalized spacial score (nSPS) is 10.7. The Bertz CT molecular complexity index is 1190. The molecule has 1 amide bonds. The zero-order valence-corrected chi connectivity index (χ0v) is 14.7. The fraction of sp³-hybridized carbons (Fsp3) is 0.0435. The first-order valence-corrected chi connectivity index (χ1v) is 8.62. The minimum atomic E-state index is -0.443. The third-order valence-corrected chi connectivity index (χ3v) is 4.47. The molecule has 132 valence electrons. The first kappa shape index (κ1) is 16.8. The predicted octanol–water partition coefficient (Wildman–Crippen LogP) is 5.02. The number of benzene rings is 3. The number of anilines is 1. The van der Waals surface area contributed by atoms with E-state index < -0.39 is 5.63 Å². The van der Waals surface area contributed by atoms with Gasteiger partial charge in [0.05, 0.1) is 0 Å². The summed E-state index contributed by atoms with van der Waals surface area (Å²) in [6, 6.07) is 23.7. The zero-order valence-electron chi connectivity index (χ0n) is 14.7. The molecule has 4 rings (SSSR count). The number of hydrogen-bond acceptors (Lipinski definition) is 3. The highest BCUT2D eigenvalue weighted by molar-refractivity contribution is 6.07. The second-order valence-electron chi connectivity index (χ2n) is 6.33. The van der Waals surface area contributed by atoms with Crippen LogP contribution in [0.1, 0.15) is 15.9 Å². The number of para-hydroxylation sites is 1. The van der Waals surface area contributed by atoms with Crippen molar-refractivity contribution in [2.75, 3.05) is 5.32 Å². The van der Waals surface area contributed by atoms with Gasteiger partial charge in [-0.15, -0.1) is 0 Å². The van der Waals surface area contributed by atoms with Crippen molar-refractivity contribution in [3.8, 4) is 11.1 Å². The van der Waals surface area contributed by atoms with Crippen molar-refractivity contribution in [1.82, 2.24) is 0 Å². The van der Waals surface area contributed by atoms with E-state index in [1.54, 1.807) is 12.1 Å². The van der Waals surface area contributed by atoms with E-state index in [1.165, 1.54) is 6.07 Å². The molecule has 4 nitrogen and oxygen atoms in total. The Morgan fingerprint density at radius 3 is 2.37 bits per heavy atom. The van der Waals surface area contributed by atoms with Gasteiger partial charge >= 0.3 is 5.63 Å². The number of carbonyl (C=O) groups is 1. The number of nitrogens with one attached hydrogen (secondary N) is 1. The van der Waals surface area contributed by atoms with Crippen LogP contribution in [0.3, 0.4) is 0 Å². The van der Waals surface area contributed by atoms with Crippen molar-refractivity contribution in [2.45, 2.75) is 6.92 Å². The van der Waals surface area contributed by atoms with Crippen LogP contribution < -0.4 is 10.9 Å². The van der Waals surface area contributed by atoms with Crippen molar-refractivity contribution in [3.63, 3.8) is 0 Å². The Labute approximate surface area is 156 Å². The van der Waals surface area contributed by atoms with Crippen LogP contribution >= 0.6 is 0 Å². The summed E-state index contributed by atoms with van der Waals surface area (Å²) in [5.41, 5.74) is 3.92. The van der Waals surface area contributed by atoms with E-state index in [-0.39, 0.29) is 5.91 Å². The highest BCUT2D eigenvalue weighted by Crippen LogP contribution is 2.30. The van der Waals surface area contributed by atoms with Gasteiger partial charge in [0, 0.05) is 28.3 Å². The van der Waals surface area contributed by atoms with Crippen LogP contribution in [-0.4, -0.2) is 5.91 Å². The maximum Gasteiger partial charge on any atom is 0.336 e. The number of rotatable bonds is 3. The number of hydrogen-bond donors (Lipinski definition) is 1. The average molecular weight is 355 g/mol. The van der Waals surface area contributed by atoms with Gasteiger partial charge < -0.3 is 9.73 Å². The molecule has 1 aromatic heterocycles. The van der Waals surface area contributed by atoms with E-state index in [4.69, 9.17) is 4.42 Å². The van der Waals surface area contributed by atoms with Gasteiger partial charge in [-0.25, -0.2) is 4.79 Å². The van der Waals surface area contributed by atoms with E-state index in [9.17, 15) is 9.59 Å². The maximum atomic E-state index is 12.5. The zero-order chi connectivity index (χ0) is 18.8. The lowest BCUT2D eigenvalue weighted by atomic mass is 9.97. The largest absolute Gasteiger partial charge is 0.423 e. The Balaban J connectivity index is 1.79. The van der Waals surface area contributed by atoms with Crippen LogP contribution in [0, 0.1) is 6.92 Å². The van der Waals surface area contributed by atoms with Gasteiger partial charge in [0.25, 0.3) is 5.91 Å². The monoisotopic (exact) mass is 355 g/mol. The number of carbonyl (C=O) groups excluding carboxylic acids is 1. The van der Waals surface area contributed by atoms with Crippen LogP contribution in [0.25, 0.3) is 22.1 Å². The summed E-state index contributed by atoms with van der Waals surface area (Å²) >= 11 is 0. The molecule has 0 atom stereocenters. The summed E-state index contributed by atoms with van der Waals surface area (Å²) < 4.78 is 5.37. The molecule has 0 aliphatic rings. The minimum absolute atomic E-state index is 0.257. The van der Waals surface area contributed by atoms with Gasteiger partial charge in [0.15, 0.2) is 0 Å². The topological polar surface area (TPSA) is 59.3 Å². The lowest BCUT2D eigenvalue weighted by molar-refractivity contribution is 0.102. The lowest BCUT2D eigenvalue weighted by Crippen LogP contribution is -2.11. The van der Waals surface area contributed by atoms with Crippen molar-refractivity contribution in [3.05, 3.63) is 100 Å². The summed E-state index contributed by atoms with van der Waals surface area (Å²) in [7, 11) is 0. The SMILES string of the molecule is Cc1ccccc1-c1cc(=O)oc2cc(C(=O)Nc3ccccc3)ccc12. The van der Waals surface area contributed by atoms with Crippen molar-refractivity contribution in [2.24, 2.45) is 0 Å². The first-order valence-electron chi connectivity index (χ1n) is 8.62. The molecular formula is C23H17NO3. The molecule has 4 aromatic rings. The summed E-state index contributed by atoms with van der Waals surface area (Å²) in [6.07, 6.45) is 0. The van der Waals surface area contributed by atoms with Crippen molar-refractivity contribution in [1.29, 1.82) is 0 Å². The molecule has 0 saturated carbocycles. The highest BCUT2D eigenvalue weighted by Gasteiger charge is 2.13. The molecule has 0 saturated heterocycles. The predicted molar refractivity (Wildman–Crippen MR) is 107 cm³/mol. The molecule has 0 aliphatic carbocycles. The van der Waals surface area contributed by atoms with Crippen LogP contribution in [0.15, 0.2) is 88.1 Å². The van der Waals surface area contributed by atoms with E-state index in [2.05, 4.69) is 5.32 Å². The molecule has 0 spiro atoms. The van der Waals surface area contributed by atoms with Crippen LogP contribution in [0.4, 0.5) is 5.69 Å². The summed E-state index contributed by atoms with van der Waals surface area (Å²) in [6.45, 7) is 2.00. The Hall–Kier alpha value is -3.66. The third-order valence-electron chi connectivity index (χ3n) is 4.47. The van der Waals surface area contributed by atoms with Gasteiger partial charge in [0.1, 0.15) is 5.58 Å². The molecule has 3 aromatic carbocycles. The molecule has 27 heavy (non-hydrogen) atoms. The highest BCUT2D eigenvalue weighted by atomic mass is 16.4. The maximum absolute atomic E-state index is 12.5. The van der Waals surface area contributed by atoms with Crippen molar-refractivity contribution >= 4 is 22.6 Å². The number of amides is 1. The molecule has 1 heterocycles. The molecule has 0 aliphatic heterocycles. The quantitative estimate of drug-likeness (QED) is 0.525. The first-order chi connectivity index (χ1) is 13.1. The fourth-order valence-electron chi connectivity index (χ4n) is 3.13. The standard InChI is InChI=1S/C23H17NO3/c1-15-7-5-6-10-18(15)20-14-22(25)27-21-13-16(11-12-19(20)21)23(26)24-17-8-3-2-4-9-17/h2-14H,1H3,(H,24,26).